The van der Waals surface area contributed by atoms with Gasteiger partial charge < -0.3 is 20.7 Å². The summed E-state index contributed by atoms with van der Waals surface area (Å²) >= 11 is 0. The summed E-state index contributed by atoms with van der Waals surface area (Å²) in [5, 5.41) is 17.4. The lowest BCUT2D eigenvalue weighted by molar-refractivity contribution is -0.0162. The molecule has 3 N–H and O–H groups in total. The average molecular weight is 426 g/mol. The Morgan fingerprint density at radius 3 is 2.77 bits per heavy atom. The van der Waals surface area contributed by atoms with Gasteiger partial charge in [0, 0.05) is 38.6 Å². The first-order valence-corrected chi connectivity index (χ1v) is 10.5. The van der Waals surface area contributed by atoms with Gasteiger partial charge in [0.15, 0.2) is 5.82 Å². The van der Waals surface area contributed by atoms with Crippen LogP contribution < -0.4 is 11.1 Å². The minimum absolute atomic E-state index is 0.142. The minimum Gasteiger partial charge on any atom is -0.381 e. The van der Waals surface area contributed by atoms with Crippen molar-refractivity contribution in [2.45, 2.75) is 31.4 Å². The Kier molecular flexibility index (Phi) is 6.20. The number of hydrogen-bond donors (Lipinski definition) is 2. The number of nitrogens with zero attached hydrogens (tertiary/aromatic N) is 4. The molecule has 1 saturated carbocycles. The summed E-state index contributed by atoms with van der Waals surface area (Å²) in [6.45, 7) is 2.51. The molecule has 8 nitrogen and oxygen atoms in total. The summed E-state index contributed by atoms with van der Waals surface area (Å²) < 4.78 is 20.2. The van der Waals surface area contributed by atoms with Gasteiger partial charge in [-0.25, -0.2) is 4.39 Å². The number of halogens is 1. The molecule has 2 fully saturated rings. The molecule has 1 aromatic heterocycles. The fourth-order valence-corrected chi connectivity index (χ4v) is 4.50. The molecule has 0 bridgehead atoms. The number of likely N-dealkylation sites (tertiary alicyclic amines) is 1. The van der Waals surface area contributed by atoms with E-state index < -0.39 is 5.91 Å². The van der Waals surface area contributed by atoms with Crippen LogP contribution in [-0.2, 0) is 4.74 Å². The molecule has 4 rings (SSSR count). The van der Waals surface area contributed by atoms with E-state index in [2.05, 4.69) is 21.4 Å². The van der Waals surface area contributed by atoms with Crippen LogP contribution in [0, 0.1) is 29.0 Å². The van der Waals surface area contributed by atoms with Crippen molar-refractivity contribution in [3.8, 4) is 6.07 Å². The normalized spacial score (nSPS) is 26.1. The maximum absolute atomic E-state index is 13.2. The van der Waals surface area contributed by atoms with Crippen LogP contribution in [0.2, 0.25) is 0 Å². The lowest BCUT2D eigenvalue weighted by atomic mass is 9.81. The number of hydrogen-bond acceptors (Lipinski definition) is 6. The first-order chi connectivity index (χ1) is 15.0. The van der Waals surface area contributed by atoms with Gasteiger partial charge in [0.2, 0.25) is 0 Å². The highest BCUT2D eigenvalue weighted by Gasteiger charge is 2.36. The van der Waals surface area contributed by atoms with E-state index in [-0.39, 0.29) is 23.3 Å². The summed E-state index contributed by atoms with van der Waals surface area (Å²) in [6.07, 6.45) is 4.89. The van der Waals surface area contributed by atoms with Crippen molar-refractivity contribution in [2.24, 2.45) is 17.6 Å². The molecule has 2 atom stereocenters. The molecule has 1 saturated heterocycles. The summed E-state index contributed by atoms with van der Waals surface area (Å²) in [4.78, 5) is 14.3. The number of carbonyl (C=O) groups is 1. The smallest absolute Gasteiger partial charge is 0.254 e. The molecule has 164 valence electrons. The number of ether oxygens (including phenoxy) is 1. The first-order valence-electron chi connectivity index (χ1n) is 10.5. The molecular weight excluding hydrogens is 399 g/mol. The predicted molar refractivity (Wildman–Crippen MR) is 113 cm³/mol. The van der Waals surface area contributed by atoms with Crippen LogP contribution in [0.15, 0.2) is 30.5 Å². The van der Waals surface area contributed by atoms with Gasteiger partial charge in [0.1, 0.15) is 11.4 Å². The summed E-state index contributed by atoms with van der Waals surface area (Å²) in [6, 6.07) is 8.04. The van der Waals surface area contributed by atoms with Gasteiger partial charge in [-0.1, -0.05) is 0 Å². The number of piperidine rings is 1. The van der Waals surface area contributed by atoms with Gasteiger partial charge in [-0.3, -0.25) is 9.48 Å². The molecule has 31 heavy (non-hydrogen) atoms. The van der Waals surface area contributed by atoms with Crippen LogP contribution in [-0.4, -0.2) is 53.4 Å². The van der Waals surface area contributed by atoms with E-state index in [4.69, 9.17) is 10.5 Å². The van der Waals surface area contributed by atoms with Crippen LogP contribution in [0.25, 0.3) is 0 Å². The zero-order valence-electron chi connectivity index (χ0n) is 17.5. The van der Waals surface area contributed by atoms with Crippen molar-refractivity contribution in [3.63, 3.8) is 0 Å². The third-order valence-corrected chi connectivity index (χ3v) is 6.31. The number of benzene rings is 1. The number of nitrogens with two attached hydrogens (primary N) is 1. The lowest BCUT2D eigenvalue weighted by Gasteiger charge is -2.41. The second-order valence-corrected chi connectivity index (χ2v) is 8.41. The largest absolute Gasteiger partial charge is 0.381 e. The third kappa shape index (κ3) is 4.70. The average Bonchev–Trinajstić information content (AvgIpc) is 3.15. The minimum atomic E-state index is -0.612. The molecule has 1 aliphatic heterocycles. The maximum Gasteiger partial charge on any atom is 0.254 e. The molecule has 2 aliphatic rings. The highest BCUT2D eigenvalue weighted by molar-refractivity contribution is 5.98. The molecule has 0 radical (unpaired) electrons. The zero-order valence-corrected chi connectivity index (χ0v) is 17.5. The molecular formula is C22H27FN6O2. The maximum atomic E-state index is 13.2. The number of anilines is 2. The molecule has 2 aromatic rings. The number of aromatic nitrogens is 2. The predicted octanol–water partition coefficient (Wildman–Crippen LogP) is 2.68. The van der Waals surface area contributed by atoms with E-state index >= 15 is 0 Å². The quantitative estimate of drug-likeness (QED) is 0.705. The van der Waals surface area contributed by atoms with Crippen molar-refractivity contribution in [3.05, 3.63) is 41.8 Å². The van der Waals surface area contributed by atoms with E-state index in [9.17, 15) is 14.4 Å². The molecule has 0 unspecified atom stereocenters. The Morgan fingerprint density at radius 1 is 1.39 bits per heavy atom. The molecule has 9 heteroatoms. The molecule has 1 aliphatic carbocycles. The molecule has 1 aromatic carbocycles. The topological polar surface area (TPSA) is 109 Å². The number of carbonyl (C=O) groups excluding carboxylic acids is 1. The Hall–Kier alpha value is -2.96. The van der Waals surface area contributed by atoms with Gasteiger partial charge in [-0.05, 0) is 49.4 Å². The SMILES string of the molecule is COC1CC(CN2CC[C@H](n3cc(C(N)=O)c(Nc4ccc(F)cc4)n3)[C@@H](C#N)C2)C1. The Balaban J connectivity index is 1.46. The number of primary amides is 1. The van der Waals surface area contributed by atoms with Crippen LogP contribution in [0.5, 0.6) is 0 Å². The summed E-state index contributed by atoms with van der Waals surface area (Å²) in [5.74, 6) is -0.280. The Bertz CT molecular complexity index is 963. The fraction of sp³-hybridized carbons (Fsp3) is 0.500. The van der Waals surface area contributed by atoms with Crippen molar-refractivity contribution in [1.82, 2.24) is 14.7 Å². The third-order valence-electron chi connectivity index (χ3n) is 6.31. The van der Waals surface area contributed by atoms with Gasteiger partial charge >= 0.3 is 0 Å². The van der Waals surface area contributed by atoms with Crippen molar-refractivity contribution < 1.29 is 13.9 Å². The lowest BCUT2D eigenvalue weighted by Crippen LogP contribution is -2.46. The van der Waals surface area contributed by atoms with Crippen molar-refractivity contribution in [2.75, 3.05) is 32.1 Å². The number of nitrogens with one attached hydrogen (secondary N) is 1. The highest BCUT2D eigenvalue weighted by Crippen LogP contribution is 2.34. The van der Waals surface area contributed by atoms with E-state index in [1.807, 2.05) is 0 Å². The molecule has 2 heterocycles. The number of methoxy groups -OCH3 is 1. The van der Waals surface area contributed by atoms with Crippen molar-refractivity contribution >= 4 is 17.4 Å². The highest BCUT2D eigenvalue weighted by atomic mass is 19.1. The number of amides is 1. The monoisotopic (exact) mass is 426 g/mol. The van der Waals surface area contributed by atoms with Crippen molar-refractivity contribution in [1.29, 1.82) is 5.26 Å². The Morgan fingerprint density at radius 2 is 2.13 bits per heavy atom. The van der Waals surface area contributed by atoms with Gasteiger partial charge in [0.25, 0.3) is 5.91 Å². The second kappa shape index (κ2) is 9.04. The van der Waals surface area contributed by atoms with Crippen LogP contribution in [0.4, 0.5) is 15.9 Å². The Labute approximate surface area is 180 Å². The summed E-state index contributed by atoms with van der Waals surface area (Å²) in [5.41, 5.74) is 6.38. The summed E-state index contributed by atoms with van der Waals surface area (Å²) in [7, 11) is 1.75. The molecule has 1 amide bonds. The molecule has 0 spiro atoms. The van der Waals surface area contributed by atoms with Crippen LogP contribution >= 0.6 is 0 Å². The number of rotatable bonds is 7. The van der Waals surface area contributed by atoms with Crippen LogP contribution in [0.1, 0.15) is 35.7 Å². The van der Waals surface area contributed by atoms with E-state index in [0.717, 1.165) is 32.4 Å². The standard InChI is InChI=1S/C22H27FN6O2/c1-31-18-8-14(9-18)11-28-7-6-20(15(10-24)12-28)29-13-19(21(25)30)22(27-29)26-17-4-2-16(23)3-5-17/h2-5,13-15,18,20H,6-9,11-12H2,1H3,(H2,25,30)(H,26,27)/t14?,15-,18?,20-/m0/s1. The fourth-order valence-electron chi connectivity index (χ4n) is 4.50. The van der Waals surface area contributed by atoms with Gasteiger partial charge in [0.05, 0.1) is 24.1 Å². The van der Waals surface area contributed by atoms with Gasteiger partial charge in [-0.2, -0.15) is 10.4 Å². The van der Waals surface area contributed by atoms with E-state index in [1.165, 1.54) is 12.1 Å². The first kappa shape index (κ1) is 21.3. The van der Waals surface area contributed by atoms with Gasteiger partial charge in [-0.15, -0.1) is 0 Å². The van der Waals surface area contributed by atoms with Crippen LogP contribution in [0.3, 0.4) is 0 Å². The zero-order chi connectivity index (χ0) is 22.0. The second-order valence-electron chi connectivity index (χ2n) is 8.41. The van der Waals surface area contributed by atoms with E-state index in [0.29, 0.717) is 30.1 Å². The van der Waals surface area contributed by atoms with E-state index in [1.54, 1.807) is 30.1 Å². The number of nitriles is 1.